The van der Waals surface area contributed by atoms with Crippen LogP contribution < -0.4 is 10.1 Å². The Hall–Kier alpha value is -3.19. The number of benzene rings is 2. The fourth-order valence-corrected chi connectivity index (χ4v) is 6.00. The zero-order valence-electron chi connectivity index (χ0n) is 21.0. The maximum Gasteiger partial charge on any atom is 0.270 e. The predicted octanol–water partition coefficient (Wildman–Crippen LogP) is 5.44. The van der Waals surface area contributed by atoms with E-state index >= 15 is 0 Å². The Morgan fingerprint density at radius 2 is 1.92 bits per heavy atom. The maximum absolute atomic E-state index is 13.6. The largest absolute Gasteiger partial charge is 0.486 e. The zero-order valence-corrected chi connectivity index (χ0v) is 21.8. The summed E-state index contributed by atoms with van der Waals surface area (Å²) < 4.78 is 6.12. The molecule has 0 unspecified atom stereocenters. The Morgan fingerprint density at radius 3 is 2.67 bits per heavy atom. The first-order chi connectivity index (χ1) is 17.5. The molecule has 1 atom stereocenters. The summed E-state index contributed by atoms with van der Waals surface area (Å²) >= 11 is 1.42. The first kappa shape index (κ1) is 24.5. The molecule has 6 nitrogen and oxygen atoms in total. The molecule has 5 rings (SSSR count). The molecule has 3 aromatic rings. The number of carbonyl (C=O) groups is 2. The minimum Gasteiger partial charge on any atom is -0.486 e. The lowest BCUT2D eigenvalue weighted by molar-refractivity contribution is -0.137. The SMILES string of the molecule is CCNC(=O)c1csc(COc2ccc3c(c2)[C@H](c2ccc(C)cc2)N(C(=O)C2CCCC2)CC3)n1. The molecule has 1 saturated carbocycles. The van der Waals surface area contributed by atoms with Gasteiger partial charge in [0.15, 0.2) is 0 Å². The molecule has 2 aliphatic rings. The second-order valence-corrected chi connectivity index (χ2v) is 10.7. The van der Waals surface area contributed by atoms with Crippen molar-refractivity contribution in [1.82, 2.24) is 15.2 Å². The minimum atomic E-state index is -0.165. The van der Waals surface area contributed by atoms with Crippen LogP contribution in [0.5, 0.6) is 5.75 Å². The number of aryl methyl sites for hydroxylation is 1. The second kappa shape index (κ2) is 10.8. The number of ether oxygens (including phenoxy) is 1. The maximum atomic E-state index is 13.6. The van der Waals surface area contributed by atoms with E-state index in [9.17, 15) is 9.59 Å². The van der Waals surface area contributed by atoms with Crippen LogP contribution in [-0.2, 0) is 17.8 Å². The van der Waals surface area contributed by atoms with E-state index < -0.39 is 0 Å². The van der Waals surface area contributed by atoms with Gasteiger partial charge in [0.05, 0.1) is 6.04 Å². The molecule has 188 valence electrons. The van der Waals surface area contributed by atoms with Gasteiger partial charge in [0.2, 0.25) is 5.91 Å². The van der Waals surface area contributed by atoms with Gasteiger partial charge in [0, 0.05) is 24.4 Å². The van der Waals surface area contributed by atoms with Gasteiger partial charge in [-0.3, -0.25) is 9.59 Å². The van der Waals surface area contributed by atoms with Gasteiger partial charge in [-0.05, 0) is 61.9 Å². The van der Waals surface area contributed by atoms with E-state index in [1.54, 1.807) is 5.38 Å². The van der Waals surface area contributed by atoms with Crippen molar-refractivity contribution in [2.45, 2.75) is 58.6 Å². The Balaban J connectivity index is 1.40. The van der Waals surface area contributed by atoms with Crippen molar-refractivity contribution in [1.29, 1.82) is 0 Å². The Bertz CT molecular complexity index is 1230. The van der Waals surface area contributed by atoms with Gasteiger partial charge in [-0.2, -0.15) is 0 Å². The van der Waals surface area contributed by atoms with E-state index in [0.717, 1.165) is 60.5 Å². The molecule has 2 heterocycles. The summed E-state index contributed by atoms with van der Waals surface area (Å²) in [5.74, 6) is 1.01. The molecule has 2 aromatic carbocycles. The second-order valence-electron chi connectivity index (χ2n) is 9.71. The van der Waals surface area contributed by atoms with Gasteiger partial charge >= 0.3 is 0 Å². The number of fused-ring (bicyclic) bond motifs is 1. The molecule has 36 heavy (non-hydrogen) atoms. The monoisotopic (exact) mass is 503 g/mol. The van der Waals surface area contributed by atoms with Crippen LogP contribution in [0.1, 0.15) is 76.4 Å². The highest BCUT2D eigenvalue weighted by atomic mass is 32.1. The first-order valence-corrected chi connectivity index (χ1v) is 13.8. The molecule has 1 aromatic heterocycles. The lowest BCUT2D eigenvalue weighted by Crippen LogP contribution is -2.43. The number of hydrogen-bond acceptors (Lipinski definition) is 5. The van der Waals surface area contributed by atoms with Crippen LogP contribution in [0.3, 0.4) is 0 Å². The van der Waals surface area contributed by atoms with Crippen LogP contribution in [-0.4, -0.2) is 34.8 Å². The Kier molecular flexibility index (Phi) is 7.37. The van der Waals surface area contributed by atoms with Gasteiger partial charge in [0.1, 0.15) is 23.1 Å². The van der Waals surface area contributed by atoms with E-state index in [1.807, 2.05) is 13.0 Å². The van der Waals surface area contributed by atoms with Crippen molar-refractivity contribution >= 4 is 23.2 Å². The van der Waals surface area contributed by atoms with Crippen LogP contribution in [0.4, 0.5) is 0 Å². The summed E-state index contributed by atoms with van der Waals surface area (Å²) in [6.45, 7) is 5.57. The molecule has 1 fully saturated rings. The van der Waals surface area contributed by atoms with Crippen molar-refractivity contribution in [3.63, 3.8) is 0 Å². The van der Waals surface area contributed by atoms with E-state index in [1.165, 1.54) is 22.5 Å². The molecule has 0 spiro atoms. The highest BCUT2D eigenvalue weighted by Crippen LogP contribution is 2.40. The van der Waals surface area contributed by atoms with Crippen molar-refractivity contribution in [2.24, 2.45) is 5.92 Å². The van der Waals surface area contributed by atoms with Gasteiger partial charge in [0.25, 0.3) is 5.91 Å². The molecule has 1 aliphatic heterocycles. The molecule has 2 amide bonds. The number of nitrogens with one attached hydrogen (secondary N) is 1. The Morgan fingerprint density at radius 1 is 1.14 bits per heavy atom. The molecule has 0 radical (unpaired) electrons. The van der Waals surface area contributed by atoms with Crippen molar-refractivity contribution in [3.05, 3.63) is 80.8 Å². The lowest BCUT2D eigenvalue weighted by atomic mass is 9.86. The summed E-state index contributed by atoms with van der Waals surface area (Å²) in [5.41, 5.74) is 5.16. The molecule has 0 bridgehead atoms. The number of thiazole rings is 1. The lowest BCUT2D eigenvalue weighted by Gasteiger charge is -2.39. The minimum absolute atomic E-state index is 0.116. The van der Waals surface area contributed by atoms with Crippen molar-refractivity contribution in [2.75, 3.05) is 13.1 Å². The number of nitrogens with zero attached hydrogens (tertiary/aromatic N) is 2. The van der Waals surface area contributed by atoms with Gasteiger partial charge in [-0.25, -0.2) is 4.98 Å². The Labute approximate surface area is 216 Å². The van der Waals surface area contributed by atoms with E-state index in [2.05, 4.69) is 58.5 Å². The highest BCUT2D eigenvalue weighted by Gasteiger charge is 2.36. The van der Waals surface area contributed by atoms with Crippen molar-refractivity contribution in [3.8, 4) is 5.75 Å². The molecule has 1 N–H and O–H groups in total. The van der Waals surface area contributed by atoms with Crippen molar-refractivity contribution < 1.29 is 14.3 Å². The third-order valence-corrected chi connectivity index (χ3v) is 8.03. The zero-order chi connectivity index (χ0) is 25.1. The molecule has 7 heteroatoms. The third-order valence-electron chi connectivity index (χ3n) is 7.21. The van der Waals surface area contributed by atoms with Crippen LogP contribution in [0.15, 0.2) is 47.8 Å². The van der Waals surface area contributed by atoms with Crippen LogP contribution in [0.25, 0.3) is 0 Å². The smallest absolute Gasteiger partial charge is 0.270 e. The van der Waals surface area contributed by atoms with Crippen LogP contribution in [0, 0.1) is 12.8 Å². The number of carbonyl (C=O) groups excluding carboxylic acids is 2. The van der Waals surface area contributed by atoms with E-state index in [-0.39, 0.29) is 23.8 Å². The summed E-state index contributed by atoms with van der Waals surface area (Å²) in [6.07, 6.45) is 5.13. The standard InChI is InChI=1S/C29H33N3O3S/c1-3-30-28(33)25-18-36-26(31-25)17-35-23-13-12-20-14-15-32(29(34)22-6-4-5-7-22)27(24(20)16-23)21-10-8-19(2)9-11-21/h8-13,16,18,22,27H,3-7,14-15,17H2,1-2H3,(H,30,33)/t27-/m0/s1. The van der Waals surface area contributed by atoms with E-state index in [0.29, 0.717) is 18.8 Å². The average Bonchev–Trinajstić information content (AvgIpc) is 3.60. The molecule has 1 aliphatic carbocycles. The molecular formula is C29H33N3O3S. The van der Waals surface area contributed by atoms with Crippen LogP contribution >= 0.6 is 11.3 Å². The molecule has 0 saturated heterocycles. The van der Waals surface area contributed by atoms with Gasteiger partial charge in [-0.15, -0.1) is 11.3 Å². The van der Waals surface area contributed by atoms with Crippen LogP contribution in [0.2, 0.25) is 0 Å². The fourth-order valence-electron chi connectivity index (χ4n) is 5.31. The topological polar surface area (TPSA) is 71.5 Å². The normalized spacial score (nSPS) is 17.6. The summed E-state index contributed by atoms with van der Waals surface area (Å²) in [6, 6.07) is 14.6. The number of aromatic nitrogens is 1. The average molecular weight is 504 g/mol. The predicted molar refractivity (Wildman–Crippen MR) is 141 cm³/mol. The third kappa shape index (κ3) is 5.16. The highest BCUT2D eigenvalue weighted by molar-refractivity contribution is 7.09. The summed E-state index contributed by atoms with van der Waals surface area (Å²) in [7, 11) is 0. The first-order valence-electron chi connectivity index (χ1n) is 12.9. The summed E-state index contributed by atoms with van der Waals surface area (Å²) in [4.78, 5) is 32.2. The van der Waals surface area contributed by atoms with Gasteiger partial charge < -0.3 is 15.0 Å². The summed E-state index contributed by atoms with van der Waals surface area (Å²) in [5, 5.41) is 5.28. The van der Waals surface area contributed by atoms with E-state index in [4.69, 9.17) is 4.74 Å². The number of rotatable bonds is 7. The quantitative estimate of drug-likeness (QED) is 0.466. The van der Waals surface area contributed by atoms with Gasteiger partial charge in [-0.1, -0.05) is 48.7 Å². The number of hydrogen-bond donors (Lipinski definition) is 1. The number of amides is 2. The fraction of sp³-hybridized carbons (Fsp3) is 0.414. The molecular weight excluding hydrogens is 470 g/mol.